The zero-order valence-electron chi connectivity index (χ0n) is 19.7. The topological polar surface area (TPSA) is 52.1 Å². The summed E-state index contributed by atoms with van der Waals surface area (Å²) >= 11 is 0. The third-order valence-corrected chi connectivity index (χ3v) is 6.30. The number of benzene rings is 1. The van der Waals surface area contributed by atoms with Gasteiger partial charge in [0.2, 0.25) is 0 Å². The van der Waals surface area contributed by atoms with Crippen LogP contribution in [0.2, 0.25) is 0 Å². The molecule has 0 amide bonds. The minimum absolute atomic E-state index is 0.312. The number of aliphatic imine (C=N–C) groups is 1. The molecule has 1 aromatic rings. The van der Waals surface area contributed by atoms with Gasteiger partial charge in [0.1, 0.15) is 0 Å². The monoisotopic (exact) mass is 415 g/mol. The van der Waals surface area contributed by atoms with Gasteiger partial charge in [-0.05, 0) is 44.7 Å². The smallest absolute Gasteiger partial charge is 0.191 e. The third kappa shape index (κ3) is 6.43. The highest BCUT2D eigenvalue weighted by Crippen LogP contribution is 2.19. The second-order valence-electron chi connectivity index (χ2n) is 9.47. The lowest BCUT2D eigenvalue weighted by molar-refractivity contribution is -0.0704. The number of rotatable bonds is 6. The molecule has 4 atom stereocenters. The number of likely N-dealkylation sites (tertiary alicyclic amines) is 1. The molecule has 0 aromatic heterocycles. The number of hydrogen-bond acceptors (Lipinski definition) is 4. The maximum absolute atomic E-state index is 5.84. The molecule has 6 heteroatoms. The Morgan fingerprint density at radius 1 is 1.03 bits per heavy atom. The van der Waals surface area contributed by atoms with Crippen molar-refractivity contribution in [3.05, 3.63) is 35.4 Å². The maximum atomic E-state index is 5.84. The average Bonchev–Trinajstić information content (AvgIpc) is 3.06. The van der Waals surface area contributed by atoms with Crippen LogP contribution in [0.5, 0.6) is 0 Å². The molecule has 2 fully saturated rings. The standard InChI is InChI=1S/C24H41N5O/c1-17(2)29-12-18(3)23(16-29)27-24(25-6)26-11-21-7-9-22(10-8-21)15-28-13-19(4)30-20(5)14-28/h7-10,17-20,23H,11-16H2,1-6H3,(H2,25,26,27). The van der Waals surface area contributed by atoms with Crippen LogP contribution in [0.25, 0.3) is 0 Å². The average molecular weight is 416 g/mol. The van der Waals surface area contributed by atoms with E-state index in [-0.39, 0.29) is 0 Å². The lowest BCUT2D eigenvalue weighted by atomic mass is 10.1. The van der Waals surface area contributed by atoms with Gasteiger partial charge in [-0.1, -0.05) is 31.2 Å². The highest BCUT2D eigenvalue weighted by Gasteiger charge is 2.31. The Kier molecular flexibility index (Phi) is 8.14. The van der Waals surface area contributed by atoms with Gasteiger partial charge in [-0.25, -0.2) is 0 Å². The van der Waals surface area contributed by atoms with Crippen molar-refractivity contribution in [1.29, 1.82) is 0 Å². The number of guanidine groups is 1. The molecule has 30 heavy (non-hydrogen) atoms. The minimum Gasteiger partial charge on any atom is -0.373 e. The van der Waals surface area contributed by atoms with Gasteiger partial charge in [0, 0.05) is 58.4 Å². The molecule has 6 nitrogen and oxygen atoms in total. The normalized spacial score (nSPS) is 28.8. The van der Waals surface area contributed by atoms with Gasteiger partial charge in [0.15, 0.2) is 5.96 Å². The Hall–Kier alpha value is -1.63. The molecule has 2 heterocycles. The van der Waals surface area contributed by atoms with Gasteiger partial charge in [0.05, 0.1) is 12.2 Å². The molecule has 0 saturated carbocycles. The van der Waals surface area contributed by atoms with Crippen LogP contribution in [0.3, 0.4) is 0 Å². The summed E-state index contributed by atoms with van der Waals surface area (Å²) in [7, 11) is 1.85. The molecule has 3 rings (SSSR count). The van der Waals surface area contributed by atoms with Gasteiger partial charge in [-0.2, -0.15) is 0 Å². The van der Waals surface area contributed by atoms with E-state index in [4.69, 9.17) is 4.74 Å². The molecule has 2 aliphatic rings. The van der Waals surface area contributed by atoms with E-state index in [1.807, 2.05) is 7.05 Å². The van der Waals surface area contributed by atoms with Crippen LogP contribution >= 0.6 is 0 Å². The van der Waals surface area contributed by atoms with E-state index in [0.717, 1.165) is 45.2 Å². The van der Waals surface area contributed by atoms with E-state index in [1.54, 1.807) is 0 Å². The van der Waals surface area contributed by atoms with Crippen LogP contribution in [-0.2, 0) is 17.8 Å². The molecule has 0 radical (unpaired) electrons. The van der Waals surface area contributed by atoms with E-state index in [0.29, 0.717) is 30.2 Å². The molecule has 0 spiro atoms. The number of morpholine rings is 1. The van der Waals surface area contributed by atoms with Crippen molar-refractivity contribution in [2.75, 3.05) is 33.2 Å². The first-order valence-corrected chi connectivity index (χ1v) is 11.5. The lowest BCUT2D eigenvalue weighted by Gasteiger charge is -2.35. The van der Waals surface area contributed by atoms with Gasteiger partial charge in [-0.15, -0.1) is 0 Å². The first-order chi connectivity index (χ1) is 14.3. The fourth-order valence-corrected chi connectivity index (χ4v) is 4.60. The van der Waals surface area contributed by atoms with Gasteiger partial charge in [-0.3, -0.25) is 14.8 Å². The SMILES string of the molecule is CN=C(NCc1ccc(CN2CC(C)OC(C)C2)cc1)NC1CN(C(C)C)CC1C. The van der Waals surface area contributed by atoms with Crippen molar-refractivity contribution in [1.82, 2.24) is 20.4 Å². The van der Waals surface area contributed by atoms with Gasteiger partial charge in [0.25, 0.3) is 0 Å². The molecule has 2 aliphatic heterocycles. The zero-order chi connectivity index (χ0) is 21.7. The summed E-state index contributed by atoms with van der Waals surface area (Å²) in [5.41, 5.74) is 2.63. The van der Waals surface area contributed by atoms with Gasteiger partial charge < -0.3 is 15.4 Å². The Labute approximate surface area is 183 Å². The van der Waals surface area contributed by atoms with E-state index < -0.39 is 0 Å². The van der Waals surface area contributed by atoms with Crippen molar-refractivity contribution in [2.24, 2.45) is 10.9 Å². The van der Waals surface area contributed by atoms with Crippen LogP contribution in [-0.4, -0.2) is 73.3 Å². The van der Waals surface area contributed by atoms with Crippen LogP contribution in [0.4, 0.5) is 0 Å². The summed E-state index contributed by atoms with van der Waals surface area (Å²) < 4.78 is 5.84. The summed E-state index contributed by atoms with van der Waals surface area (Å²) in [6, 6.07) is 9.98. The van der Waals surface area contributed by atoms with Crippen LogP contribution in [0, 0.1) is 5.92 Å². The zero-order valence-corrected chi connectivity index (χ0v) is 19.7. The highest BCUT2D eigenvalue weighted by atomic mass is 16.5. The predicted octanol–water partition coefficient (Wildman–Crippen LogP) is 2.69. The van der Waals surface area contributed by atoms with Crippen LogP contribution in [0.1, 0.15) is 45.7 Å². The van der Waals surface area contributed by atoms with Crippen molar-refractivity contribution in [3.63, 3.8) is 0 Å². The molecule has 168 valence electrons. The summed E-state index contributed by atoms with van der Waals surface area (Å²) in [4.78, 5) is 9.46. The van der Waals surface area contributed by atoms with E-state index >= 15 is 0 Å². The van der Waals surface area contributed by atoms with Crippen LogP contribution < -0.4 is 10.6 Å². The summed E-state index contributed by atoms with van der Waals surface area (Å²) in [5.74, 6) is 1.51. The van der Waals surface area contributed by atoms with E-state index in [9.17, 15) is 0 Å². The molecular formula is C24H41N5O. The summed E-state index contributed by atoms with van der Waals surface area (Å²) in [5, 5.41) is 7.11. The highest BCUT2D eigenvalue weighted by molar-refractivity contribution is 5.80. The van der Waals surface area contributed by atoms with Crippen molar-refractivity contribution in [3.8, 4) is 0 Å². The molecule has 0 bridgehead atoms. The van der Waals surface area contributed by atoms with E-state index in [2.05, 4.69) is 84.3 Å². The molecule has 2 saturated heterocycles. The number of hydrogen-bond donors (Lipinski definition) is 2. The first-order valence-electron chi connectivity index (χ1n) is 11.5. The maximum Gasteiger partial charge on any atom is 0.191 e. The Morgan fingerprint density at radius 2 is 1.67 bits per heavy atom. The Morgan fingerprint density at radius 3 is 2.23 bits per heavy atom. The second kappa shape index (κ2) is 10.6. The second-order valence-corrected chi connectivity index (χ2v) is 9.47. The predicted molar refractivity (Wildman–Crippen MR) is 125 cm³/mol. The summed E-state index contributed by atoms with van der Waals surface area (Å²) in [6.07, 6.45) is 0.623. The Bertz CT molecular complexity index is 679. The minimum atomic E-state index is 0.312. The fourth-order valence-electron chi connectivity index (χ4n) is 4.60. The number of nitrogens with one attached hydrogen (secondary N) is 2. The van der Waals surface area contributed by atoms with Crippen molar-refractivity contribution in [2.45, 2.75) is 72.0 Å². The Balaban J connectivity index is 1.47. The summed E-state index contributed by atoms with van der Waals surface area (Å²) in [6.45, 7) is 17.2. The molecular weight excluding hydrogens is 374 g/mol. The number of ether oxygens (including phenoxy) is 1. The van der Waals surface area contributed by atoms with Crippen molar-refractivity contribution >= 4 is 5.96 Å². The first kappa shape index (κ1) is 23.0. The van der Waals surface area contributed by atoms with E-state index in [1.165, 1.54) is 11.1 Å². The molecule has 1 aromatic carbocycles. The molecule has 0 aliphatic carbocycles. The molecule has 4 unspecified atom stereocenters. The lowest BCUT2D eigenvalue weighted by Crippen LogP contribution is -2.46. The van der Waals surface area contributed by atoms with Gasteiger partial charge >= 0.3 is 0 Å². The largest absolute Gasteiger partial charge is 0.373 e. The van der Waals surface area contributed by atoms with Crippen molar-refractivity contribution < 1.29 is 4.74 Å². The van der Waals surface area contributed by atoms with Crippen LogP contribution in [0.15, 0.2) is 29.3 Å². The molecule has 2 N–H and O–H groups in total. The fraction of sp³-hybridized carbons (Fsp3) is 0.708. The quantitative estimate of drug-likeness (QED) is 0.553. The third-order valence-electron chi connectivity index (χ3n) is 6.30. The number of nitrogens with zero attached hydrogens (tertiary/aromatic N) is 3.